The van der Waals surface area contributed by atoms with Crippen LogP contribution in [0.5, 0.6) is 0 Å². The molecule has 3 aromatic rings. The van der Waals surface area contributed by atoms with Crippen LogP contribution in [0.2, 0.25) is 0 Å². The molecule has 2 heterocycles. The molecule has 174 valence electrons. The Balaban J connectivity index is 0.00000320. The summed E-state index contributed by atoms with van der Waals surface area (Å²) in [5, 5.41) is 6.39. The van der Waals surface area contributed by atoms with Crippen LogP contribution in [0.4, 0.5) is 0 Å². The normalized spacial score (nSPS) is 11.1. The van der Waals surface area contributed by atoms with Crippen molar-refractivity contribution in [2.24, 2.45) is 16.6 Å². The highest BCUT2D eigenvalue weighted by atomic mass is 35.5. The molecule has 0 fully saturated rings. The van der Waals surface area contributed by atoms with Crippen LogP contribution in [0.1, 0.15) is 42.7 Å². The van der Waals surface area contributed by atoms with Gasteiger partial charge < -0.3 is 11.5 Å². The zero-order valence-corrected chi connectivity index (χ0v) is 20.5. The van der Waals surface area contributed by atoms with E-state index in [4.69, 9.17) is 21.3 Å². The minimum atomic E-state index is -0.341. The number of guanidine groups is 1. The minimum absolute atomic E-state index is 0. The number of hydrogen-bond donors (Lipinski definition) is 2. The number of aryl methyl sites for hydroxylation is 1. The van der Waals surface area contributed by atoms with Gasteiger partial charge >= 0.3 is 0 Å². The highest BCUT2D eigenvalue weighted by molar-refractivity contribution is 5.86. The molecular formula is C21H28Cl3N7O. The van der Waals surface area contributed by atoms with Gasteiger partial charge in [-0.15, -0.1) is 42.3 Å². The molecule has 0 aliphatic carbocycles. The molecule has 32 heavy (non-hydrogen) atoms. The first-order valence-electron chi connectivity index (χ1n) is 9.37. The second-order valence-electron chi connectivity index (χ2n) is 6.50. The Hall–Kier alpha value is -2.65. The van der Waals surface area contributed by atoms with Crippen molar-refractivity contribution in [2.45, 2.75) is 26.8 Å². The Kier molecular flexibility index (Phi) is 12.6. The molecule has 1 unspecified atom stereocenters. The van der Waals surface area contributed by atoms with Gasteiger partial charge in [-0.25, -0.2) is 9.97 Å². The standard InChI is InChI=1S/C21H25N7O.3ClH/c1-4-29-28(27-21(22)23)15(3)20-17-13-14(2)8-10-18(17)25-19(26-20)11-9-16-7-5-6-12-24-16;;;/h5-13,15H,4H2,1-3H3,(H4,22,23,27);3*1H/b11-9+;;;. The van der Waals surface area contributed by atoms with Gasteiger partial charge in [-0.3, -0.25) is 9.82 Å². The highest BCUT2D eigenvalue weighted by Crippen LogP contribution is 2.27. The van der Waals surface area contributed by atoms with E-state index >= 15 is 0 Å². The third-order valence-electron chi connectivity index (χ3n) is 4.19. The quantitative estimate of drug-likeness (QED) is 0.283. The Bertz CT molecular complexity index is 1040. The summed E-state index contributed by atoms with van der Waals surface area (Å²) < 4.78 is 0. The highest BCUT2D eigenvalue weighted by Gasteiger charge is 2.21. The van der Waals surface area contributed by atoms with Crippen LogP contribution < -0.4 is 11.5 Å². The monoisotopic (exact) mass is 499 g/mol. The van der Waals surface area contributed by atoms with Gasteiger partial charge in [0.05, 0.1) is 23.5 Å². The smallest absolute Gasteiger partial charge is 0.211 e. The van der Waals surface area contributed by atoms with E-state index in [9.17, 15) is 0 Å². The fourth-order valence-corrected chi connectivity index (χ4v) is 2.89. The molecule has 0 amide bonds. The van der Waals surface area contributed by atoms with Gasteiger partial charge in [-0.05, 0) is 57.2 Å². The zero-order chi connectivity index (χ0) is 20.8. The lowest BCUT2D eigenvalue weighted by Gasteiger charge is -2.25. The van der Waals surface area contributed by atoms with E-state index in [1.165, 1.54) is 5.17 Å². The van der Waals surface area contributed by atoms with Gasteiger partial charge in [0, 0.05) is 11.6 Å². The van der Waals surface area contributed by atoms with E-state index in [1.807, 2.05) is 69.3 Å². The number of nitrogens with zero attached hydrogens (tertiary/aromatic N) is 5. The largest absolute Gasteiger partial charge is 0.369 e. The molecule has 0 spiro atoms. The van der Waals surface area contributed by atoms with Crippen molar-refractivity contribution in [3.05, 3.63) is 65.4 Å². The van der Waals surface area contributed by atoms with E-state index in [-0.39, 0.29) is 49.2 Å². The molecular weight excluding hydrogens is 473 g/mol. The summed E-state index contributed by atoms with van der Waals surface area (Å²) in [5.74, 6) is 0.477. The second kappa shape index (κ2) is 13.7. The van der Waals surface area contributed by atoms with Crippen LogP contribution in [-0.2, 0) is 4.84 Å². The fourth-order valence-electron chi connectivity index (χ4n) is 2.89. The van der Waals surface area contributed by atoms with Crippen LogP contribution in [0, 0.1) is 6.92 Å². The van der Waals surface area contributed by atoms with Crippen molar-refractivity contribution in [3.8, 4) is 0 Å². The Labute approximate surface area is 206 Å². The van der Waals surface area contributed by atoms with Crippen LogP contribution >= 0.6 is 37.2 Å². The van der Waals surface area contributed by atoms with Gasteiger partial charge in [-0.2, -0.15) is 5.17 Å². The summed E-state index contributed by atoms with van der Waals surface area (Å²) in [5.41, 5.74) is 14.7. The summed E-state index contributed by atoms with van der Waals surface area (Å²) in [6, 6.07) is 11.4. The third kappa shape index (κ3) is 7.49. The van der Waals surface area contributed by atoms with Crippen molar-refractivity contribution in [1.29, 1.82) is 0 Å². The van der Waals surface area contributed by atoms with Gasteiger partial charge in [0.15, 0.2) is 5.82 Å². The average Bonchev–Trinajstić information content (AvgIpc) is 2.71. The average molecular weight is 501 g/mol. The van der Waals surface area contributed by atoms with E-state index in [2.05, 4.69) is 15.1 Å². The summed E-state index contributed by atoms with van der Waals surface area (Å²) in [6.45, 7) is 6.23. The summed E-state index contributed by atoms with van der Waals surface area (Å²) >= 11 is 0. The molecule has 0 saturated carbocycles. The summed E-state index contributed by atoms with van der Waals surface area (Å²) in [6.07, 6.45) is 5.45. The van der Waals surface area contributed by atoms with Crippen molar-refractivity contribution in [3.63, 3.8) is 0 Å². The predicted molar refractivity (Wildman–Crippen MR) is 137 cm³/mol. The number of nitrogens with two attached hydrogens (primary N) is 2. The predicted octanol–water partition coefficient (Wildman–Crippen LogP) is 4.27. The maximum absolute atomic E-state index is 5.61. The first kappa shape index (κ1) is 29.4. The van der Waals surface area contributed by atoms with Crippen LogP contribution in [-0.4, -0.2) is 32.7 Å². The molecule has 0 bridgehead atoms. The lowest BCUT2D eigenvalue weighted by Crippen LogP contribution is -2.31. The number of hydrazone groups is 1. The molecule has 2 aromatic heterocycles. The van der Waals surface area contributed by atoms with Crippen LogP contribution in [0.3, 0.4) is 0 Å². The summed E-state index contributed by atoms with van der Waals surface area (Å²) in [7, 11) is 0. The molecule has 0 aliphatic rings. The summed E-state index contributed by atoms with van der Waals surface area (Å²) in [4.78, 5) is 19.3. The fraction of sp³-hybridized carbons (Fsp3) is 0.238. The minimum Gasteiger partial charge on any atom is -0.369 e. The van der Waals surface area contributed by atoms with Gasteiger partial charge in [-0.1, -0.05) is 17.7 Å². The molecule has 1 aromatic carbocycles. The molecule has 0 radical (unpaired) electrons. The molecule has 3 rings (SSSR count). The number of halogens is 3. The number of fused-ring (bicyclic) bond motifs is 1. The van der Waals surface area contributed by atoms with Crippen LogP contribution in [0.25, 0.3) is 23.1 Å². The number of rotatable bonds is 7. The Morgan fingerprint density at radius 1 is 1.12 bits per heavy atom. The molecule has 8 nitrogen and oxygen atoms in total. The van der Waals surface area contributed by atoms with Crippen molar-refractivity contribution >= 4 is 66.2 Å². The Morgan fingerprint density at radius 2 is 1.88 bits per heavy atom. The molecule has 1 atom stereocenters. The second-order valence-corrected chi connectivity index (χ2v) is 6.50. The maximum Gasteiger partial charge on any atom is 0.211 e. The van der Waals surface area contributed by atoms with Crippen molar-refractivity contribution in [1.82, 2.24) is 20.1 Å². The lowest BCUT2D eigenvalue weighted by molar-refractivity contribution is -0.181. The first-order valence-corrected chi connectivity index (χ1v) is 9.37. The number of hydrogen-bond acceptors (Lipinski definition) is 6. The molecule has 0 aliphatic heterocycles. The van der Waals surface area contributed by atoms with E-state index in [0.29, 0.717) is 12.4 Å². The van der Waals surface area contributed by atoms with Gasteiger partial charge in [0.25, 0.3) is 0 Å². The molecule has 11 heteroatoms. The maximum atomic E-state index is 5.61. The number of pyridine rings is 1. The molecule has 0 saturated heterocycles. The first-order chi connectivity index (χ1) is 14.0. The SMILES string of the molecule is CCON(N=C(N)N)C(C)c1nc(/C=C/c2ccccn2)nc2ccc(C)cc12.Cl.Cl.Cl. The number of aromatic nitrogens is 3. The van der Waals surface area contributed by atoms with Crippen LogP contribution in [0.15, 0.2) is 47.7 Å². The number of benzene rings is 1. The van der Waals surface area contributed by atoms with E-state index in [1.54, 1.807) is 6.20 Å². The topological polar surface area (TPSA) is 116 Å². The lowest BCUT2D eigenvalue weighted by atomic mass is 10.1. The van der Waals surface area contributed by atoms with E-state index in [0.717, 1.165) is 27.9 Å². The van der Waals surface area contributed by atoms with Crippen molar-refractivity contribution < 1.29 is 4.84 Å². The van der Waals surface area contributed by atoms with Crippen molar-refractivity contribution in [2.75, 3.05) is 6.61 Å². The third-order valence-corrected chi connectivity index (χ3v) is 4.19. The van der Waals surface area contributed by atoms with E-state index < -0.39 is 0 Å². The zero-order valence-electron chi connectivity index (χ0n) is 18.0. The number of hydroxylamine groups is 1. The molecule has 4 N–H and O–H groups in total. The Morgan fingerprint density at radius 3 is 2.50 bits per heavy atom. The van der Waals surface area contributed by atoms with Gasteiger partial charge in [0.1, 0.15) is 6.04 Å². The van der Waals surface area contributed by atoms with Gasteiger partial charge in [0.2, 0.25) is 5.96 Å².